The van der Waals surface area contributed by atoms with Crippen molar-refractivity contribution in [1.82, 2.24) is 15.5 Å². The molecule has 4 rings (SSSR count). The summed E-state index contributed by atoms with van der Waals surface area (Å²) in [6.45, 7) is 0.167. The number of hydrogen-bond acceptors (Lipinski definition) is 4. The molecule has 2 aliphatic heterocycles. The summed E-state index contributed by atoms with van der Waals surface area (Å²) in [7, 11) is 0. The van der Waals surface area contributed by atoms with Gasteiger partial charge in [0.1, 0.15) is 11.6 Å². The van der Waals surface area contributed by atoms with Gasteiger partial charge >= 0.3 is 6.03 Å². The molecule has 0 radical (unpaired) electrons. The minimum atomic E-state index is -0.678. The van der Waals surface area contributed by atoms with Gasteiger partial charge in [-0.1, -0.05) is 23.7 Å². The van der Waals surface area contributed by atoms with E-state index in [9.17, 15) is 18.8 Å². The van der Waals surface area contributed by atoms with E-state index in [2.05, 4.69) is 10.6 Å². The fourth-order valence-corrected chi connectivity index (χ4v) is 5.47. The molecule has 0 spiro atoms. The van der Waals surface area contributed by atoms with Gasteiger partial charge in [0, 0.05) is 30.2 Å². The van der Waals surface area contributed by atoms with Gasteiger partial charge in [-0.2, -0.15) is 0 Å². The maximum absolute atomic E-state index is 13.2. The third kappa shape index (κ3) is 6.46. The maximum Gasteiger partial charge on any atom is 0.312 e. The zero-order valence-corrected chi connectivity index (χ0v) is 20.6. The summed E-state index contributed by atoms with van der Waals surface area (Å²) < 4.78 is 19.0. The predicted octanol–water partition coefficient (Wildman–Crippen LogP) is 3.27. The number of ether oxygens (including phenoxy) is 1. The Kier molecular flexibility index (Phi) is 8.30. The van der Waals surface area contributed by atoms with E-state index < -0.39 is 11.9 Å². The highest BCUT2D eigenvalue weighted by Gasteiger charge is 2.43. The summed E-state index contributed by atoms with van der Waals surface area (Å²) in [5, 5.41) is 5.41. The monoisotopic (exact) mass is 516 g/mol. The standard InChI is InChI=1S/C26H30ClFN4O4/c27-18-3-8-23(22(14-18)25(34)30-9-10-31-26(29)35)36-15-24(33)32-20-6-7-21(32)13-17(12-20)11-16-1-4-19(28)5-2-16/h1-5,8,14,17,20-21H,6-7,9-13,15H2,(H,30,34)(H3,29,31,35). The Labute approximate surface area is 214 Å². The quantitative estimate of drug-likeness (QED) is 0.444. The van der Waals surface area contributed by atoms with Gasteiger partial charge in [0.15, 0.2) is 6.61 Å². The Hall–Kier alpha value is -3.33. The Bertz CT molecular complexity index is 1100. The highest BCUT2D eigenvalue weighted by Crippen LogP contribution is 2.40. The van der Waals surface area contributed by atoms with E-state index in [1.165, 1.54) is 18.2 Å². The first kappa shape index (κ1) is 25.8. The van der Waals surface area contributed by atoms with Crippen molar-refractivity contribution in [3.63, 3.8) is 0 Å². The molecule has 4 amide bonds. The molecule has 2 aromatic rings. The maximum atomic E-state index is 13.2. The summed E-state index contributed by atoms with van der Waals surface area (Å²) >= 11 is 6.07. The van der Waals surface area contributed by atoms with Crippen molar-refractivity contribution in [3.05, 3.63) is 64.4 Å². The smallest absolute Gasteiger partial charge is 0.312 e. The molecule has 2 atom stereocenters. The molecular formula is C26H30ClFN4O4. The third-order valence-corrected chi connectivity index (χ3v) is 7.04. The number of rotatable bonds is 9. The number of nitrogens with one attached hydrogen (secondary N) is 2. The van der Waals surface area contributed by atoms with Crippen molar-refractivity contribution in [3.8, 4) is 5.75 Å². The molecule has 0 saturated carbocycles. The first-order valence-electron chi connectivity index (χ1n) is 12.1. The van der Waals surface area contributed by atoms with Crippen LogP contribution in [-0.4, -0.2) is 54.5 Å². The number of carbonyl (C=O) groups is 3. The SMILES string of the molecule is NC(=O)NCCNC(=O)c1cc(Cl)ccc1OCC(=O)N1C2CCC1CC(Cc1ccc(F)cc1)C2. The summed E-state index contributed by atoms with van der Waals surface area (Å²) in [4.78, 5) is 38.5. The second-order valence-corrected chi connectivity index (χ2v) is 9.77. The minimum absolute atomic E-state index is 0.102. The van der Waals surface area contributed by atoms with Crippen molar-refractivity contribution in [2.45, 2.75) is 44.2 Å². The normalized spacial score (nSPS) is 20.6. The fourth-order valence-electron chi connectivity index (χ4n) is 5.29. The molecule has 4 N–H and O–H groups in total. The third-order valence-electron chi connectivity index (χ3n) is 6.80. The summed E-state index contributed by atoms with van der Waals surface area (Å²) in [6.07, 6.45) is 4.62. The highest BCUT2D eigenvalue weighted by molar-refractivity contribution is 6.31. The number of nitrogens with two attached hydrogens (primary N) is 1. The fraction of sp³-hybridized carbons (Fsp3) is 0.423. The van der Waals surface area contributed by atoms with Crippen LogP contribution in [0.4, 0.5) is 9.18 Å². The van der Waals surface area contributed by atoms with Crippen molar-refractivity contribution in [2.24, 2.45) is 11.7 Å². The molecule has 2 aromatic carbocycles. The number of carbonyl (C=O) groups excluding carboxylic acids is 3. The zero-order chi connectivity index (χ0) is 25.7. The Morgan fingerprint density at radius 2 is 1.69 bits per heavy atom. The van der Waals surface area contributed by atoms with Crippen LogP contribution in [0.2, 0.25) is 5.02 Å². The number of hydrogen-bond donors (Lipinski definition) is 3. The molecule has 2 saturated heterocycles. The van der Waals surface area contributed by atoms with Gasteiger partial charge < -0.3 is 26.0 Å². The number of urea groups is 1. The zero-order valence-electron chi connectivity index (χ0n) is 19.8. The average molecular weight is 517 g/mol. The number of primary amides is 1. The number of piperidine rings is 1. The molecule has 2 heterocycles. The number of benzene rings is 2. The highest BCUT2D eigenvalue weighted by atomic mass is 35.5. The Morgan fingerprint density at radius 3 is 2.36 bits per heavy atom. The molecule has 0 aliphatic carbocycles. The Morgan fingerprint density at radius 1 is 1.03 bits per heavy atom. The van der Waals surface area contributed by atoms with Gasteiger partial charge in [0.25, 0.3) is 11.8 Å². The van der Waals surface area contributed by atoms with Crippen LogP contribution < -0.4 is 21.1 Å². The van der Waals surface area contributed by atoms with Crippen LogP contribution >= 0.6 is 11.6 Å². The van der Waals surface area contributed by atoms with Gasteiger partial charge in [-0.15, -0.1) is 0 Å². The second kappa shape index (κ2) is 11.6. The first-order chi connectivity index (χ1) is 17.3. The lowest BCUT2D eigenvalue weighted by Gasteiger charge is -2.39. The molecule has 2 bridgehead atoms. The van der Waals surface area contributed by atoms with E-state index in [0.717, 1.165) is 37.7 Å². The van der Waals surface area contributed by atoms with Crippen molar-refractivity contribution >= 4 is 29.4 Å². The van der Waals surface area contributed by atoms with Gasteiger partial charge in [-0.05, 0) is 73.9 Å². The lowest BCUT2D eigenvalue weighted by atomic mass is 9.86. The van der Waals surface area contributed by atoms with Gasteiger partial charge in [-0.25, -0.2) is 9.18 Å². The van der Waals surface area contributed by atoms with Crippen molar-refractivity contribution in [2.75, 3.05) is 19.7 Å². The summed E-state index contributed by atoms with van der Waals surface area (Å²) in [6, 6.07) is 10.9. The van der Waals surface area contributed by atoms with Crippen LogP contribution in [0.25, 0.3) is 0 Å². The van der Waals surface area contributed by atoms with E-state index in [1.54, 1.807) is 12.1 Å². The lowest BCUT2D eigenvalue weighted by molar-refractivity contribution is -0.138. The molecule has 8 nitrogen and oxygen atoms in total. The minimum Gasteiger partial charge on any atom is -0.483 e. The molecule has 2 unspecified atom stereocenters. The van der Waals surface area contributed by atoms with E-state index in [1.807, 2.05) is 17.0 Å². The Balaban J connectivity index is 1.33. The number of halogens is 2. The molecule has 0 aromatic heterocycles. The van der Waals surface area contributed by atoms with Crippen molar-refractivity contribution < 1.29 is 23.5 Å². The van der Waals surface area contributed by atoms with Gasteiger partial charge in [-0.3, -0.25) is 9.59 Å². The van der Waals surface area contributed by atoms with Crippen LogP contribution in [-0.2, 0) is 11.2 Å². The van der Waals surface area contributed by atoms with E-state index in [-0.39, 0.29) is 54.8 Å². The van der Waals surface area contributed by atoms with Crippen LogP contribution in [0.1, 0.15) is 41.6 Å². The van der Waals surface area contributed by atoms with Crippen LogP contribution in [0.3, 0.4) is 0 Å². The number of fused-ring (bicyclic) bond motifs is 2. The molecule has 2 fully saturated rings. The average Bonchev–Trinajstić information content (AvgIpc) is 3.12. The van der Waals surface area contributed by atoms with E-state index >= 15 is 0 Å². The predicted molar refractivity (Wildman–Crippen MR) is 133 cm³/mol. The van der Waals surface area contributed by atoms with Crippen LogP contribution in [0.5, 0.6) is 5.75 Å². The summed E-state index contributed by atoms with van der Waals surface area (Å²) in [5.74, 6) is -0.0663. The molecule has 36 heavy (non-hydrogen) atoms. The molecule has 10 heteroatoms. The van der Waals surface area contributed by atoms with Crippen LogP contribution in [0.15, 0.2) is 42.5 Å². The van der Waals surface area contributed by atoms with Gasteiger partial charge in [0.2, 0.25) is 0 Å². The van der Waals surface area contributed by atoms with E-state index in [4.69, 9.17) is 22.1 Å². The topological polar surface area (TPSA) is 114 Å². The van der Waals surface area contributed by atoms with Crippen molar-refractivity contribution in [1.29, 1.82) is 0 Å². The van der Waals surface area contributed by atoms with Crippen LogP contribution in [0, 0.1) is 11.7 Å². The second-order valence-electron chi connectivity index (χ2n) is 9.33. The van der Waals surface area contributed by atoms with Gasteiger partial charge in [0.05, 0.1) is 5.56 Å². The molecule has 192 valence electrons. The first-order valence-corrected chi connectivity index (χ1v) is 12.5. The number of amides is 4. The molecular weight excluding hydrogens is 487 g/mol. The number of nitrogens with zero attached hydrogens (tertiary/aromatic N) is 1. The molecule has 2 aliphatic rings. The largest absolute Gasteiger partial charge is 0.483 e. The van der Waals surface area contributed by atoms with E-state index in [0.29, 0.717) is 10.9 Å². The summed E-state index contributed by atoms with van der Waals surface area (Å²) in [5.41, 5.74) is 6.33. The lowest BCUT2D eigenvalue weighted by Crippen LogP contribution is -2.48.